The number of aromatic nitrogens is 4. The smallest absolute Gasteiger partial charge is 0.248 e. The van der Waals surface area contributed by atoms with Crippen LogP contribution in [0, 0.1) is 0 Å². The lowest BCUT2D eigenvalue weighted by Crippen LogP contribution is -2.20. The van der Waals surface area contributed by atoms with Crippen LogP contribution in [0.3, 0.4) is 0 Å². The Morgan fingerprint density at radius 3 is 2.85 bits per heavy atom. The molecule has 0 aliphatic carbocycles. The van der Waals surface area contributed by atoms with E-state index in [0.29, 0.717) is 29.6 Å². The van der Waals surface area contributed by atoms with Crippen LogP contribution in [0.2, 0.25) is 0 Å². The molecule has 0 spiro atoms. The fraction of sp³-hybridized carbons (Fsp3) is 0.222. The van der Waals surface area contributed by atoms with Crippen molar-refractivity contribution in [3.8, 4) is 22.9 Å². The van der Waals surface area contributed by atoms with E-state index >= 15 is 0 Å². The zero-order chi connectivity index (χ0) is 18.4. The normalized spacial score (nSPS) is 10.4. The van der Waals surface area contributed by atoms with Gasteiger partial charge < -0.3 is 14.8 Å². The number of carbonyl (C=O) groups excluding carboxylic acids is 1. The fourth-order valence-corrected chi connectivity index (χ4v) is 2.36. The molecule has 0 radical (unpaired) electrons. The van der Waals surface area contributed by atoms with E-state index in [4.69, 9.17) is 9.47 Å². The van der Waals surface area contributed by atoms with Crippen LogP contribution in [0.4, 0.5) is 5.69 Å². The molecular weight excluding hydrogens is 334 g/mol. The number of carbonyl (C=O) groups is 1. The number of nitrogens with one attached hydrogen (secondary N) is 1. The van der Waals surface area contributed by atoms with Gasteiger partial charge in [0.2, 0.25) is 11.7 Å². The molecule has 0 saturated carbocycles. The van der Waals surface area contributed by atoms with Crippen LogP contribution >= 0.6 is 0 Å². The average molecular weight is 353 g/mol. The van der Waals surface area contributed by atoms with Gasteiger partial charge in [-0.25, -0.2) is 0 Å². The Balaban J connectivity index is 1.68. The monoisotopic (exact) mass is 353 g/mol. The molecule has 1 amide bonds. The van der Waals surface area contributed by atoms with Crippen LogP contribution in [-0.2, 0) is 11.3 Å². The number of nitrogens with zero attached hydrogens (tertiary/aromatic N) is 4. The Hall–Kier alpha value is -3.42. The van der Waals surface area contributed by atoms with Gasteiger partial charge in [-0.2, -0.15) is 4.80 Å². The minimum atomic E-state index is -0.272. The third kappa shape index (κ3) is 4.15. The summed E-state index contributed by atoms with van der Waals surface area (Å²) in [4.78, 5) is 13.5. The summed E-state index contributed by atoms with van der Waals surface area (Å²) in [6, 6.07) is 14.6. The van der Waals surface area contributed by atoms with Gasteiger partial charge >= 0.3 is 0 Å². The molecule has 1 N–H and O–H groups in total. The summed E-state index contributed by atoms with van der Waals surface area (Å²) >= 11 is 0. The van der Waals surface area contributed by atoms with Gasteiger partial charge in [0.1, 0.15) is 18.0 Å². The lowest BCUT2D eigenvalue weighted by atomic mass is 10.2. The van der Waals surface area contributed by atoms with E-state index in [0.717, 1.165) is 5.56 Å². The van der Waals surface area contributed by atoms with Crippen LogP contribution in [0.5, 0.6) is 11.5 Å². The second-order valence-electron chi connectivity index (χ2n) is 5.35. The molecule has 0 aliphatic rings. The van der Waals surface area contributed by atoms with E-state index < -0.39 is 0 Å². The summed E-state index contributed by atoms with van der Waals surface area (Å²) in [5, 5.41) is 15.0. The number of benzene rings is 2. The van der Waals surface area contributed by atoms with Gasteiger partial charge in [-0.05, 0) is 36.4 Å². The maximum Gasteiger partial charge on any atom is 0.248 e. The molecule has 26 heavy (non-hydrogen) atoms. The second-order valence-corrected chi connectivity index (χ2v) is 5.35. The maximum absolute atomic E-state index is 12.3. The number of methoxy groups -OCH3 is 1. The first kappa shape index (κ1) is 17.4. The van der Waals surface area contributed by atoms with Crippen LogP contribution in [0.1, 0.15) is 6.92 Å². The lowest BCUT2D eigenvalue weighted by Gasteiger charge is -2.10. The highest BCUT2D eigenvalue weighted by molar-refractivity contribution is 5.92. The Bertz CT molecular complexity index is 894. The van der Waals surface area contributed by atoms with Gasteiger partial charge in [-0.15, -0.1) is 10.2 Å². The van der Waals surface area contributed by atoms with Gasteiger partial charge in [0, 0.05) is 5.56 Å². The molecule has 0 unspecified atom stereocenters. The van der Waals surface area contributed by atoms with Crippen molar-refractivity contribution in [1.29, 1.82) is 0 Å². The minimum Gasteiger partial charge on any atom is -0.497 e. The molecule has 2 aromatic carbocycles. The molecule has 3 aromatic rings. The first-order valence-corrected chi connectivity index (χ1v) is 8.13. The number of tetrazole rings is 1. The molecule has 8 heteroatoms. The molecule has 1 heterocycles. The average Bonchev–Trinajstić information content (AvgIpc) is 3.12. The lowest BCUT2D eigenvalue weighted by molar-refractivity contribution is -0.117. The van der Waals surface area contributed by atoms with Crippen molar-refractivity contribution in [3.05, 3.63) is 48.5 Å². The highest BCUT2D eigenvalue weighted by Gasteiger charge is 2.12. The van der Waals surface area contributed by atoms with Crippen LogP contribution < -0.4 is 14.8 Å². The number of rotatable bonds is 7. The number of ether oxygens (including phenoxy) is 2. The van der Waals surface area contributed by atoms with Crippen molar-refractivity contribution < 1.29 is 14.3 Å². The summed E-state index contributed by atoms with van der Waals surface area (Å²) in [5.41, 5.74) is 1.37. The Morgan fingerprint density at radius 1 is 1.19 bits per heavy atom. The van der Waals surface area contributed by atoms with Gasteiger partial charge in [-0.3, -0.25) is 4.79 Å². The van der Waals surface area contributed by atoms with Gasteiger partial charge in [0.15, 0.2) is 0 Å². The van der Waals surface area contributed by atoms with E-state index in [-0.39, 0.29) is 12.5 Å². The molecule has 3 rings (SSSR count). The van der Waals surface area contributed by atoms with E-state index in [2.05, 4.69) is 20.7 Å². The Kier molecular flexibility index (Phi) is 5.43. The predicted molar refractivity (Wildman–Crippen MR) is 96.0 cm³/mol. The van der Waals surface area contributed by atoms with Gasteiger partial charge in [-0.1, -0.05) is 24.3 Å². The number of amides is 1. The quantitative estimate of drug-likeness (QED) is 0.701. The van der Waals surface area contributed by atoms with Crippen molar-refractivity contribution in [2.75, 3.05) is 19.0 Å². The van der Waals surface area contributed by atoms with E-state index in [1.54, 1.807) is 25.3 Å². The van der Waals surface area contributed by atoms with E-state index in [1.165, 1.54) is 4.80 Å². The van der Waals surface area contributed by atoms with E-state index in [1.807, 2.05) is 37.3 Å². The van der Waals surface area contributed by atoms with Crippen LogP contribution in [0.15, 0.2) is 48.5 Å². The largest absolute Gasteiger partial charge is 0.497 e. The van der Waals surface area contributed by atoms with Crippen molar-refractivity contribution in [1.82, 2.24) is 20.2 Å². The third-order valence-electron chi connectivity index (χ3n) is 3.53. The molecular formula is C18H19N5O3. The third-order valence-corrected chi connectivity index (χ3v) is 3.53. The van der Waals surface area contributed by atoms with Crippen LogP contribution in [-0.4, -0.2) is 39.8 Å². The number of para-hydroxylation sites is 2. The minimum absolute atomic E-state index is 0.0581. The fourth-order valence-electron chi connectivity index (χ4n) is 2.36. The Labute approximate surface area is 150 Å². The number of anilines is 1. The van der Waals surface area contributed by atoms with Gasteiger partial charge in [0.05, 0.1) is 19.4 Å². The standard InChI is InChI=1S/C18H19N5O3/c1-3-26-16-10-5-4-9-15(16)19-17(24)12-23-21-18(20-22-23)13-7-6-8-14(11-13)25-2/h4-11H,3,12H2,1-2H3,(H,19,24). The highest BCUT2D eigenvalue weighted by Crippen LogP contribution is 2.23. The molecule has 134 valence electrons. The molecule has 0 bridgehead atoms. The topological polar surface area (TPSA) is 91.2 Å². The summed E-state index contributed by atoms with van der Waals surface area (Å²) in [7, 11) is 1.59. The van der Waals surface area contributed by atoms with E-state index in [9.17, 15) is 4.79 Å². The first-order chi connectivity index (χ1) is 12.7. The molecule has 0 fully saturated rings. The molecule has 0 atom stereocenters. The van der Waals surface area contributed by atoms with Gasteiger partial charge in [0.25, 0.3) is 0 Å². The predicted octanol–water partition coefficient (Wildman–Crippen LogP) is 2.39. The number of hydrogen-bond acceptors (Lipinski definition) is 6. The van der Waals surface area contributed by atoms with Crippen molar-refractivity contribution in [3.63, 3.8) is 0 Å². The molecule has 1 aromatic heterocycles. The van der Waals surface area contributed by atoms with Crippen molar-refractivity contribution >= 4 is 11.6 Å². The number of hydrogen-bond donors (Lipinski definition) is 1. The molecule has 8 nitrogen and oxygen atoms in total. The SMILES string of the molecule is CCOc1ccccc1NC(=O)Cn1nnc(-c2cccc(OC)c2)n1. The maximum atomic E-state index is 12.3. The zero-order valence-corrected chi connectivity index (χ0v) is 14.5. The van der Waals surface area contributed by atoms with Crippen molar-refractivity contribution in [2.45, 2.75) is 13.5 Å². The van der Waals surface area contributed by atoms with Crippen LogP contribution in [0.25, 0.3) is 11.4 Å². The summed E-state index contributed by atoms with van der Waals surface area (Å²) in [5.74, 6) is 1.47. The Morgan fingerprint density at radius 2 is 2.04 bits per heavy atom. The molecule has 0 aliphatic heterocycles. The summed E-state index contributed by atoms with van der Waals surface area (Å²) in [6.07, 6.45) is 0. The summed E-state index contributed by atoms with van der Waals surface area (Å²) in [6.45, 7) is 2.34. The second kappa shape index (κ2) is 8.11. The first-order valence-electron chi connectivity index (χ1n) is 8.13. The zero-order valence-electron chi connectivity index (χ0n) is 14.5. The summed E-state index contributed by atoms with van der Waals surface area (Å²) < 4.78 is 10.7. The van der Waals surface area contributed by atoms with Crippen molar-refractivity contribution in [2.24, 2.45) is 0 Å². The highest BCUT2D eigenvalue weighted by atomic mass is 16.5. The molecule has 0 saturated heterocycles.